The Kier molecular flexibility index (Phi) is 6.60. The van der Waals surface area contributed by atoms with Crippen molar-refractivity contribution in [3.63, 3.8) is 0 Å². The molecule has 1 fully saturated rings. The Hall–Kier alpha value is -2.68. The molecular formula is C21H22F3N3O2S. The molecule has 2 aromatic rings. The van der Waals surface area contributed by atoms with E-state index < -0.39 is 24.7 Å². The number of aromatic nitrogens is 1. The summed E-state index contributed by atoms with van der Waals surface area (Å²) in [7, 11) is 0. The van der Waals surface area contributed by atoms with Crippen LogP contribution in [0.5, 0.6) is 0 Å². The topological polar surface area (TPSA) is 53.5 Å². The molecule has 0 bridgehead atoms. The Bertz CT molecular complexity index is 923. The minimum Gasteiger partial charge on any atom is -0.327 e. The van der Waals surface area contributed by atoms with Gasteiger partial charge in [-0.3, -0.25) is 14.5 Å². The van der Waals surface area contributed by atoms with Crippen LogP contribution in [0, 0.1) is 5.92 Å². The molecule has 1 aromatic heterocycles. The third-order valence-electron chi connectivity index (χ3n) is 4.86. The molecule has 0 saturated heterocycles. The average molecular weight is 437 g/mol. The van der Waals surface area contributed by atoms with Gasteiger partial charge < -0.3 is 4.90 Å². The molecular weight excluding hydrogens is 415 g/mol. The fourth-order valence-corrected chi connectivity index (χ4v) is 4.02. The fourth-order valence-electron chi connectivity index (χ4n) is 3.16. The molecule has 1 unspecified atom stereocenters. The van der Waals surface area contributed by atoms with E-state index in [1.54, 1.807) is 36.6 Å². The lowest BCUT2D eigenvalue weighted by atomic mass is 10.1. The first kappa shape index (κ1) is 22.0. The zero-order valence-electron chi connectivity index (χ0n) is 16.6. The molecule has 30 heavy (non-hydrogen) atoms. The minimum absolute atomic E-state index is 0.116. The van der Waals surface area contributed by atoms with E-state index in [9.17, 15) is 22.8 Å². The number of carbonyl (C=O) groups excluding carboxylic acids is 2. The number of thiazole rings is 1. The van der Waals surface area contributed by atoms with Gasteiger partial charge in [-0.15, -0.1) is 11.3 Å². The van der Waals surface area contributed by atoms with E-state index in [1.807, 2.05) is 6.07 Å². The highest BCUT2D eigenvalue weighted by Crippen LogP contribution is 2.36. The smallest absolute Gasteiger partial charge is 0.327 e. The van der Waals surface area contributed by atoms with Crippen molar-refractivity contribution in [1.82, 2.24) is 9.88 Å². The first-order valence-corrected chi connectivity index (χ1v) is 10.4. The number of carbonyl (C=O) groups is 2. The van der Waals surface area contributed by atoms with Crippen molar-refractivity contribution >= 4 is 40.0 Å². The van der Waals surface area contributed by atoms with Gasteiger partial charge in [-0.1, -0.05) is 18.2 Å². The van der Waals surface area contributed by atoms with Crippen LogP contribution in [0.4, 0.5) is 24.0 Å². The normalized spacial score (nSPS) is 15.2. The van der Waals surface area contributed by atoms with Crippen LogP contribution in [-0.4, -0.2) is 40.5 Å². The summed E-state index contributed by atoms with van der Waals surface area (Å²) in [5, 5.41) is 2.07. The van der Waals surface area contributed by atoms with Crippen LogP contribution in [0.15, 0.2) is 41.8 Å². The van der Waals surface area contributed by atoms with Gasteiger partial charge in [0, 0.05) is 24.4 Å². The summed E-state index contributed by atoms with van der Waals surface area (Å²) in [6.45, 7) is 1.80. The van der Waals surface area contributed by atoms with Gasteiger partial charge in [-0.25, -0.2) is 4.98 Å². The van der Waals surface area contributed by atoms with E-state index >= 15 is 0 Å². The first-order chi connectivity index (χ1) is 14.2. The summed E-state index contributed by atoms with van der Waals surface area (Å²) in [5.41, 5.74) is 1.05. The highest BCUT2D eigenvalue weighted by Gasteiger charge is 2.39. The summed E-state index contributed by atoms with van der Waals surface area (Å²) in [4.78, 5) is 31.2. The second-order valence-electron chi connectivity index (χ2n) is 7.24. The number of hydrogen-bond donors (Lipinski definition) is 0. The van der Waals surface area contributed by atoms with E-state index in [2.05, 4.69) is 4.98 Å². The third-order valence-corrected chi connectivity index (χ3v) is 5.70. The van der Waals surface area contributed by atoms with Crippen LogP contribution < -0.4 is 4.90 Å². The van der Waals surface area contributed by atoms with Crippen molar-refractivity contribution in [3.8, 4) is 0 Å². The number of anilines is 2. The minimum atomic E-state index is -4.46. The number of para-hydroxylation sites is 1. The van der Waals surface area contributed by atoms with Crippen molar-refractivity contribution in [2.24, 2.45) is 5.92 Å². The maximum absolute atomic E-state index is 12.9. The number of benzene rings is 1. The molecule has 160 valence electrons. The standard InChI is InChI=1S/C21H22F3N3O2S/c1-14(16-8-9-16)26(13-21(22,23)24)19(29)11-10-17-12-30-20(25-17)27(15(2)28)18-6-4-3-5-7-18/h3-7,10-12,14,16H,8-9,13H2,1-2H3/b11-10+. The molecule has 0 aliphatic heterocycles. The lowest BCUT2D eigenvalue weighted by molar-refractivity contribution is -0.162. The number of halogens is 3. The molecule has 1 aromatic carbocycles. The van der Waals surface area contributed by atoms with Crippen LogP contribution in [-0.2, 0) is 9.59 Å². The monoisotopic (exact) mass is 437 g/mol. The summed E-state index contributed by atoms with van der Waals surface area (Å²) in [6.07, 6.45) is -0.290. The lowest BCUT2D eigenvalue weighted by Crippen LogP contribution is -2.44. The van der Waals surface area contributed by atoms with Gasteiger partial charge in [0.05, 0.1) is 11.4 Å². The third kappa shape index (κ3) is 5.69. The molecule has 0 spiro atoms. The van der Waals surface area contributed by atoms with Gasteiger partial charge in [-0.2, -0.15) is 13.2 Å². The summed E-state index contributed by atoms with van der Waals surface area (Å²) in [6, 6.07) is 8.51. The van der Waals surface area contributed by atoms with Crippen molar-refractivity contribution in [1.29, 1.82) is 0 Å². The Labute approximate surface area is 176 Å². The molecule has 1 saturated carbocycles. The van der Waals surface area contributed by atoms with Gasteiger partial charge >= 0.3 is 6.18 Å². The van der Waals surface area contributed by atoms with Gasteiger partial charge in [0.15, 0.2) is 5.13 Å². The molecule has 1 aliphatic carbocycles. The number of hydrogen-bond acceptors (Lipinski definition) is 4. The molecule has 0 N–H and O–H groups in total. The van der Waals surface area contributed by atoms with Gasteiger partial charge in [0.1, 0.15) is 6.54 Å². The van der Waals surface area contributed by atoms with E-state index in [0.717, 1.165) is 23.8 Å². The van der Waals surface area contributed by atoms with Crippen LogP contribution in [0.2, 0.25) is 0 Å². The second kappa shape index (κ2) is 8.99. The Morgan fingerprint density at radius 1 is 1.27 bits per heavy atom. The van der Waals surface area contributed by atoms with Crippen LogP contribution in [0.3, 0.4) is 0 Å². The first-order valence-electron chi connectivity index (χ1n) is 9.52. The largest absolute Gasteiger partial charge is 0.406 e. The highest BCUT2D eigenvalue weighted by atomic mass is 32.1. The van der Waals surface area contributed by atoms with Crippen molar-refractivity contribution in [3.05, 3.63) is 47.5 Å². The predicted molar refractivity (Wildman–Crippen MR) is 110 cm³/mol. The van der Waals surface area contributed by atoms with Gasteiger partial charge in [0.2, 0.25) is 11.8 Å². The maximum Gasteiger partial charge on any atom is 0.406 e. The fraction of sp³-hybridized carbons (Fsp3) is 0.381. The van der Waals surface area contributed by atoms with Crippen molar-refractivity contribution in [2.75, 3.05) is 11.4 Å². The molecule has 1 heterocycles. The number of rotatable bonds is 7. The molecule has 1 atom stereocenters. The Morgan fingerprint density at radius 3 is 2.50 bits per heavy atom. The predicted octanol–water partition coefficient (Wildman–Crippen LogP) is 5.03. The van der Waals surface area contributed by atoms with E-state index in [1.165, 1.54) is 29.2 Å². The molecule has 1 aliphatic rings. The number of nitrogens with zero attached hydrogens (tertiary/aromatic N) is 3. The number of alkyl halides is 3. The van der Waals surface area contributed by atoms with E-state index in [4.69, 9.17) is 0 Å². The van der Waals surface area contributed by atoms with E-state index in [0.29, 0.717) is 16.5 Å². The second-order valence-corrected chi connectivity index (χ2v) is 8.07. The van der Waals surface area contributed by atoms with Crippen LogP contribution in [0.25, 0.3) is 6.08 Å². The highest BCUT2D eigenvalue weighted by molar-refractivity contribution is 7.14. The molecule has 5 nitrogen and oxygen atoms in total. The number of amides is 2. The zero-order valence-corrected chi connectivity index (χ0v) is 17.4. The SMILES string of the molecule is CC(=O)N(c1ccccc1)c1nc(/C=C/C(=O)N(CC(F)(F)F)C(C)C2CC2)cs1. The van der Waals surface area contributed by atoms with Gasteiger partial charge in [-0.05, 0) is 43.9 Å². The van der Waals surface area contributed by atoms with Crippen molar-refractivity contribution in [2.45, 2.75) is 38.9 Å². The average Bonchev–Trinajstić information content (AvgIpc) is 3.43. The van der Waals surface area contributed by atoms with Crippen LogP contribution in [0.1, 0.15) is 32.4 Å². The Morgan fingerprint density at radius 2 is 1.93 bits per heavy atom. The molecule has 0 radical (unpaired) electrons. The Balaban J connectivity index is 1.76. The van der Waals surface area contributed by atoms with Gasteiger partial charge in [0.25, 0.3) is 0 Å². The summed E-state index contributed by atoms with van der Waals surface area (Å²) < 4.78 is 38.8. The lowest BCUT2D eigenvalue weighted by Gasteiger charge is -2.29. The summed E-state index contributed by atoms with van der Waals surface area (Å²) >= 11 is 1.21. The maximum atomic E-state index is 12.9. The molecule has 9 heteroatoms. The van der Waals surface area contributed by atoms with Crippen LogP contribution >= 0.6 is 11.3 Å². The zero-order chi connectivity index (χ0) is 21.9. The van der Waals surface area contributed by atoms with E-state index in [-0.39, 0.29) is 11.8 Å². The van der Waals surface area contributed by atoms with Crippen molar-refractivity contribution < 1.29 is 22.8 Å². The molecule has 3 rings (SSSR count). The molecule has 2 amide bonds. The quantitative estimate of drug-likeness (QED) is 0.571. The summed E-state index contributed by atoms with van der Waals surface area (Å²) in [5.74, 6) is -0.810.